The number of carbonyl (C=O) groups is 1. The first kappa shape index (κ1) is 14.2. The SMILES string of the molecule is O=C(Cc1cccnc1)N[C@@H](CCO)c1ccccc1. The van der Waals surface area contributed by atoms with E-state index in [9.17, 15) is 4.79 Å². The zero-order chi connectivity index (χ0) is 14.2. The van der Waals surface area contributed by atoms with Crippen molar-refractivity contribution in [1.82, 2.24) is 10.3 Å². The summed E-state index contributed by atoms with van der Waals surface area (Å²) in [5.41, 5.74) is 1.88. The molecule has 0 bridgehead atoms. The van der Waals surface area contributed by atoms with Crippen molar-refractivity contribution in [3.63, 3.8) is 0 Å². The third-order valence-electron chi connectivity index (χ3n) is 3.04. The van der Waals surface area contributed by atoms with Gasteiger partial charge in [0.05, 0.1) is 12.5 Å². The highest BCUT2D eigenvalue weighted by atomic mass is 16.3. The molecule has 0 unspecified atom stereocenters. The van der Waals surface area contributed by atoms with Gasteiger partial charge in [-0.25, -0.2) is 0 Å². The molecule has 104 valence electrons. The predicted octanol–water partition coefficient (Wildman–Crippen LogP) is 1.86. The average molecular weight is 270 g/mol. The molecule has 1 atom stereocenters. The normalized spacial score (nSPS) is 11.8. The number of aliphatic hydroxyl groups is 1. The van der Waals surface area contributed by atoms with Crippen LogP contribution in [-0.4, -0.2) is 22.6 Å². The summed E-state index contributed by atoms with van der Waals surface area (Å²) in [4.78, 5) is 16.0. The molecular formula is C16H18N2O2. The summed E-state index contributed by atoms with van der Waals surface area (Å²) in [7, 11) is 0. The molecule has 1 aromatic heterocycles. The van der Waals surface area contributed by atoms with Crippen LogP contribution in [0.25, 0.3) is 0 Å². The highest BCUT2D eigenvalue weighted by Gasteiger charge is 2.14. The van der Waals surface area contributed by atoms with E-state index in [1.165, 1.54) is 0 Å². The Hall–Kier alpha value is -2.20. The standard InChI is InChI=1S/C16H18N2O2/c19-10-8-15(14-6-2-1-3-7-14)18-16(20)11-13-5-4-9-17-12-13/h1-7,9,12,15,19H,8,10-11H2,(H,18,20)/t15-/m0/s1. The molecule has 2 aromatic rings. The van der Waals surface area contributed by atoms with Gasteiger partial charge in [0.1, 0.15) is 0 Å². The van der Waals surface area contributed by atoms with Crippen molar-refractivity contribution in [3.8, 4) is 0 Å². The zero-order valence-electron chi connectivity index (χ0n) is 11.2. The fourth-order valence-corrected chi connectivity index (χ4v) is 2.07. The number of nitrogens with one attached hydrogen (secondary N) is 1. The van der Waals surface area contributed by atoms with Gasteiger partial charge in [-0.2, -0.15) is 0 Å². The molecule has 2 N–H and O–H groups in total. The van der Waals surface area contributed by atoms with Crippen molar-refractivity contribution in [2.45, 2.75) is 18.9 Å². The second-order valence-electron chi connectivity index (χ2n) is 4.58. The fraction of sp³-hybridized carbons (Fsp3) is 0.250. The van der Waals surface area contributed by atoms with Crippen LogP contribution >= 0.6 is 0 Å². The van der Waals surface area contributed by atoms with Gasteiger partial charge in [0.15, 0.2) is 0 Å². The van der Waals surface area contributed by atoms with Crippen LogP contribution in [0.15, 0.2) is 54.9 Å². The quantitative estimate of drug-likeness (QED) is 0.842. The Balaban J connectivity index is 1.99. The Morgan fingerprint density at radius 3 is 2.65 bits per heavy atom. The highest BCUT2D eigenvalue weighted by Crippen LogP contribution is 2.16. The summed E-state index contributed by atoms with van der Waals surface area (Å²) in [6, 6.07) is 13.2. The van der Waals surface area contributed by atoms with Crippen molar-refractivity contribution in [3.05, 3.63) is 66.0 Å². The lowest BCUT2D eigenvalue weighted by molar-refractivity contribution is -0.121. The van der Waals surface area contributed by atoms with Gasteiger partial charge in [0.2, 0.25) is 5.91 Å². The number of pyridine rings is 1. The van der Waals surface area contributed by atoms with E-state index in [0.29, 0.717) is 12.8 Å². The zero-order valence-corrected chi connectivity index (χ0v) is 11.2. The number of hydrogen-bond donors (Lipinski definition) is 2. The number of hydrogen-bond acceptors (Lipinski definition) is 3. The summed E-state index contributed by atoms with van der Waals surface area (Å²) >= 11 is 0. The minimum absolute atomic E-state index is 0.0345. The lowest BCUT2D eigenvalue weighted by atomic mass is 10.0. The van der Waals surface area contributed by atoms with Gasteiger partial charge in [0, 0.05) is 19.0 Å². The summed E-state index contributed by atoms with van der Waals surface area (Å²) in [6.07, 6.45) is 4.16. The lowest BCUT2D eigenvalue weighted by Gasteiger charge is -2.18. The van der Waals surface area contributed by atoms with Crippen molar-refractivity contribution in [2.75, 3.05) is 6.61 Å². The first-order valence-corrected chi connectivity index (χ1v) is 6.63. The van der Waals surface area contributed by atoms with Gasteiger partial charge in [0.25, 0.3) is 0 Å². The van der Waals surface area contributed by atoms with Crippen molar-refractivity contribution in [2.24, 2.45) is 0 Å². The largest absolute Gasteiger partial charge is 0.396 e. The number of amides is 1. The second-order valence-corrected chi connectivity index (χ2v) is 4.58. The van der Waals surface area contributed by atoms with Crippen molar-refractivity contribution < 1.29 is 9.90 Å². The van der Waals surface area contributed by atoms with Gasteiger partial charge >= 0.3 is 0 Å². The second kappa shape index (κ2) is 7.40. The number of benzene rings is 1. The van der Waals surface area contributed by atoms with Gasteiger partial charge in [-0.15, -0.1) is 0 Å². The molecule has 4 heteroatoms. The van der Waals surface area contributed by atoms with Crippen LogP contribution in [0.3, 0.4) is 0 Å². The third-order valence-corrected chi connectivity index (χ3v) is 3.04. The van der Waals surface area contributed by atoms with Crippen molar-refractivity contribution in [1.29, 1.82) is 0 Å². The molecule has 1 aromatic carbocycles. The van der Waals surface area contributed by atoms with Gasteiger partial charge in [-0.3, -0.25) is 9.78 Å². The molecule has 0 radical (unpaired) electrons. The molecule has 0 fully saturated rings. The Morgan fingerprint density at radius 1 is 1.20 bits per heavy atom. The Bertz CT molecular complexity index is 529. The maximum absolute atomic E-state index is 12.1. The number of rotatable bonds is 6. The smallest absolute Gasteiger partial charge is 0.224 e. The maximum atomic E-state index is 12.1. The number of aromatic nitrogens is 1. The number of nitrogens with zero attached hydrogens (tertiary/aromatic N) is 1. The molecule has 0 aliphatic rings. The fourth-order valence-electron chi connectivity index (χ4n) is 2.07. The van der Waals surface area contributed by atoms with E-state index in [-0.39, 0.29) is 18.6 Å². The summed E-state index contributed by atoms with van der Waals surface area (Å²) in [5, 5.41) is 12.1. The molecule has 1 amide bonds. The van der Waals surface area contributed by atoms with E-state index < -0.39 is 0 Å². The van der Waals surface area contributed by atoms with E-state index in [4.69, 9.17) is 5.11 Å². The Labute approximate surface area is 118 Å². The van der Waals surface area contributed by atoms with E-state index in [1.54, 1.807) is 12.4 Å². The van der Waals surface area contributed by atoms with Crippen LogP contribution in [0.1, 0.15) is 23.6 Å². The highest BCUT2D eigenvalue weighted by molar-refractivity contribution is 5.78. The third kappa shape index (κ3) is 4.17. The van der Waals surface area contributed by atoms with Gasteiger partial charge < -0.3 is 10.4 Å². The van der Waals surface area contributed by atoms with Crippen LogP contribution < -0.4 is 5.32 Å². The van der Waals surface area contributed by atoms with E-state index in [1.807, 2.05) is 42.5 Å². The Morgan fingerprint density at radius 2 is 2.00 bits per heavy atom. The van der Waals surface area contributed by atoms with Gasteiger partial charge in [-0.1, -0.05) is 36.4 Å². The monoisotopic (exact) mass is 270 g/mol. The number of aliphatic hydroxyl groups excluding tert-OH is 1. The molecule has 1 heterocycles. The molecule has 20 heavy (non-hydrogen) atoms. The summed E-state index contributed by atoms with van der Waals surface area (Å²) < 4.78 is 0. The minimum atomic E-state index is -0.162. The van der Waals surface area contributed by atoms with Crippen LogP contribution in [0.2, 0.25) is 0 Å². The topological polar surface area (TPSA) is 62.2 Å². The molecular weight excluding hydrogens is 252 g/mol. The molecule has 0 spiro atoms. The van der Waals surface area contributed by atoms with E-state index in [0.717, 1.165) is 11.1 Å². The molecule has 4 nitrogen and oxygen atoms in total. The lowest BCUT2D eigenvalue weighted by Crippen LogP contribution is -2.30. The first-order chi connectivity index (χ1) is 9.79. The van der Waals surface area contributed by atoms with Crippen molar-refractivity contribution >= 4 is 5.91 Å². The molecule has 2 rings (SSSR count). The molecule has 0 saturated heterocycles. The molecule has 0 aliphatic carbocycles. The minimum Gasteiger partial charge on any atom is -0.396 e. The Kier molecular flexibility index (Phi) is 5.26. The van der Waals surface area contributed by atoms with E-state index >= 15 is 0 Å². The first-order valence-electron chi connectivity index (χ1n) is 6.63. The predicted molar refractivity (Wildman–Crippen MR) is 77.0 cm³/mol. The van der Waals surface area contributed by atoms with Crippen LogP contribution in [0.4, 0.5) is 0 Å². The number of carbonyl (C=O) groups excluding carboxylic acids is 1. The van der Waals surface area contributed by atoms with Crippen LogP contribution in [0.5, 0.6) is 0 Å². The van der Waals surface area contributed by atoms with E-state index in [2.05, 4.69) is 10.3 Å². The maximum Gasteiger partial charge on any atom is 0.224 e. The van der Waals surface area contributed by atoms with Crippen LogP contribution in [-0.2, 0) is 11.2 Å². The molecule has 0 aliphatic heterocycles. The molecule has 0 saturated carbocycles. The van der Waals surface area contributed by atoms with Gasteiger partial charge in [-0.05, 0) is 23.6 Å². The van der Waals surface area contributed by atoms with Crippen LogP contribution in [0, 0.1) is 0 Å². The average Bonchev–Trinajstić information content (AvgIpc) is 2.49. The summed E-state index contributed by atoms with van der Waals surface area (Å²) in [5.74, 6) is -0.0692. The summed E-state index contributed by atoms with van der Waals surface area (Å²) in [6.45, 7) is 0.0345.